The Kier molecular flexibility index (Phi) is 4.53. The second-order valence-electron chi connectivity index (χ2n) is 6.47. The van der Waals surface area contributed by atoms with Crippen LogP contribution < -0.4 is 10.6 Å². The fourth-order valence-corrected chi connectivity index (χ4v) is 4.68. The van der Waals surface area contributed by atoms with Crippen LogP contribution >= 0.6 is 23.4 Å². The normalized spacial score (nSPS) is 25.0. The number of halogens is 1. The molecular weight excluding hydrogens is 340 g/mol. The molecule has 124 valence electrons. The summed E-state index contributed by atoms with van der Waals surface area (Å²) in [5.74, 6) is 0.621. The smallest absolute Gasteiger partial charge is 0.251 e. The van der Waals surface area contributed by atoms with Crippen molar-refractivity contribution < 1.29 is 4.79 Å². The third-order valence-corrected chi connectivity index (χ3v) is 6.39. The Labute approximate surface area is 151 Å². The molecule has 1 aliphatic heterocycles. The molecule has 1 heterocycles. The van der Waals surface area contributed by atoms with E-state index in [2.05, 4.69) is 10.6 Å². The number of rotatable bonds is 4. The zero-order valence-corrected chi connectivity index (χ0v) is 14.7. The summed E-state index contributed by atoms with van der Waals surface area (Å²) in [6.07, 6.45) is 2.25. The quantitative estimate of drug-likeness (QED) is 0.868. The average molecular weight is 359 g/mol. The fourth-order valence-electron chi connectivity index (χ4n) is 3.59. The predicted octanol–water partition coefficient (Wildman–Crippen LogP) is 3.97. The first-order valence-corrected chi connectivity index (χ1v) is 9.45. The van der Waals surface area contributed by atoms with Crippen LogP contribution in [0.15, 0.2) is 58.3 Å². The molecule has 2 aromatic rings. The minimum Gasteiger partial charge on any atom is -0.349 e. The van der Waals surface area contributed by atoms with Gasteiger partial charge in [0.1, 0.15) is 0 Å². The van der Waals surface area contributed by atoms with Crippen molar-refractivity contribution in [2.45, 2.75) is 34.7 Å². The molecule has 0 aromatic heterocycles. The summed E-state index contributed by atoms with van der Waals surface area (Å²) in [5, 5.41) is 7.41. The Bertz CT molecular complexity index is 749. The van der Waals surface area contributed by atoms with Crippen molar-refractivity contribution in [1.82, 2.24) is 10.6 Å². The number of carbonyl (C=O) groups is 1. The molecule has 1 amide bonds. The molecule has 3 atom stereocenters. The van der Waals surface area contributed by atoms with Crippen LogP contribution in [0, 0.1) is 5.92 Å². The summed E-state index contributed by atoms with van der Waals surface area (Å²) in [6, 6.07) is 16.4. The van der Waals surface area contributed by atoms with E-state index in [-0.39, 0.29) is 5.91 Å². The highest BCUT2D eigenvalue weighted by Crippen LogP contribution is 2.33. The number of piperidine rings is 1. The second-order valence-corrected chi connectivity index (χ2v) is 8.00. The highest BCUT2D eigenvalue weighted by molar-refractivity contribution is 7.99. The predicted molar refractivity (Wildman–Crippen MR) is 97.8 cm³/mol. The molecule has 0 spiro atoms. The van der Waals surface area contributed by atoms with E-state index in [4.69, 9.17) is 11.6 Å². The topological polar surface area (TPSA) is 41.1 Å². The van der Waals surface area contributed by atoms with E-state index in [1.165, 1.54) is 6.42 Å². The Hall–Kier alpha value is -1.49. The van der Waals surface area contributed by atoms with Gasteiger partial charge in [0.25, 0.3) is 5.91 Å². The van der Waals surface area contributed by atoms with Crippen LogP contribution in [0.3, 0.4) is 0 Å². The molecule has 0 radical (unpaired) electrons. The van der Waals surface area contributed by atoms with Gasteiger partial charge < -0.3 is 10.6 Å². The lowest BCUT2D eigenvalue weighted by Crippen LogP contribution is -2.44. The van der Waals surface area contributed by atoms with Gasteiger partial charge in [-0.15, -0.1) is 0 Å². The molecular formula is C19H19ClN2OS. The number of nitrogens with one attached hydrogen (secondary N) is 2. The lowest BCUT2D eigenvalue weighted by Gasteiger charge is -2.23. The molecule has 2 fully saturated rings. The lowest BCUT2D eigenvalue weighted by atomic mass is 10.0. The second kappa shape index (κ2) is 6.79. The maximum atomic E-state index is 12.4. The number of fused-ring (bicyclic) bond motifs is 2. The van der Waals surface area contributed by atoms with Crippen molar-refractivity contribution in [3.05, 3.63) is 59.1 Å². The van der Waals surface area contributed by atoms with Crippen molar-refractivity contribution in [3.63, 3.8) is 0 Å². The van der Waals surface area contributed by atoms with Crippen LogP contribution in [-0.4, -0.2) is 24.5 Å². The van der Waals surface area contributed by atoms with E-state index in [1.807, 2.05) is 48.5 Å². The van der Waals surface area contributed by atoms with Crippen molar-refractivity contribution in [2.75, 3.05) is 6.54 Å². The monoisotopic (exact) mass is 358 g/mol. The third kappa shape index (κ3) is 3.32. The number of carbonyl (C=O) groups excluding carboxylic acids is 1. The third-order valence-electron chi connectivity index (χ3n) is 4.86. The Morgan fingerprint density at radius 2 is 1.92 bits per heavy atom. The summed E-state index contributed by atoms with van der Waals surface area (Å²) in [6.45, 7) is 1.03. The van der Waals surface area contributed by atoms with E-state index in [0.717, 1.165) is 27.8 Å². The van der Waals surface area contributed by atoms with Gasteiger partial charge in [0.2, 0.25) is 0 Å². The summed E-state index contributed by atoms with van der Waals surface area (Å²) < 4.78 is 0. The maximum absolute atomic E-state index is 12.4. The van der Waals surface area contributed by atoms with Gasteiger partial charge in [-0.2, -0.15) is 0 Å². The molecule has 3 unspecified atom stereocenters. The van der Waals surface area contributed by atoms with Crippen LogP contribution in [0.25, 0.3) is 0 Å². The van der Waals surface area contributed by atoms with E-state index >= 15 is 0 Å². The van der Waals surface area contributed by atoms with Crippen LogP contribution in [0.1, 0.15) is 23.2 Å². The van der Waals surface area contributed by atoms with E-state index in [9.17, 15) is 4.79 Å². The first kappa shape index (κ1) is 16.0. The first-order chi connectivity index (χ1) is 11.7. The van der Waals surface area contributed by atoms with Crippen molar-refractivity contribution >= 4 is 29.3 Å². The fraction of sp³-hybridized carbons (Fsp3) is 0.316. The summed E-state index contributed by atoms with van der Waals surface area (Å²) in [7, 11) is 0. The molecule has 1 saturated heterocycles. The van der Waals surface area contributed by atoms with Gasteiger partial charge in [0.15, 0.2) is 0 Å². The molecule has 5 heteroatoms. The van der Waals surface area contributed by atoms with E-state index in [1.54, 1.807) is 11.8 Å². The molecule has 1 aliphatic carbocycles. The molecule has 24 heavy (non-hydrogen) atoms. The summed E-state index contributed by atoms with van der Waals surface area (Å²) in [5.41, 5.74) is 0.717. The molecule has 2 bridgehead atoms. The molecule has 2 aliphatic rings. The molecule has 3 nitrogen and oxygen atoms in total. The van der Waals surface area contributed by atoms with Crippen molar-refractivity contribution in [3.8, 4) is 0 Å². The average Bonchev–Trinajstić information content (AvgIpc) is 3.20. The van der Waals surface area contributed by atoms with Crippen LogP contribution in [0.5, 0.6) is 0 Å². The summed E-state index contributed by atoms with van der Waals surface area (Å²) >= 11 is 7.80. The number of amides is 1. The first-order valence-electron chi connectivity index (χ1n) is 8.26. The van der Waals surface area contributed by atoms with Gasteiger partial charge in [0, 0.05) is 34.0 Å². The van der Waals surface area contributed by atoms with Gasteiger partial charge in [-0.25, -0.2) is 0 Å². The van der Waals surface area contributed by atoms with Gasteiger partial charge in [0.05, 0.1) is 5.02 Å². The minimum absolute atomic E-state index is 0.0295. The SMILES string of the molecule is O=C(NC1CC2CC1CN2)c1ccc(Sc2ccccc2Cl)cc1. The standard InChI is InChI=1S/C19H19ClN2OS/c20-16-3-1-2-4-18(16)24-15-7-5-12(6-8-15)19(23)22-17-10-14-9-13(17)11-21-14/h1-8,13-14,17,21H,9-11H2,(H,22,23). The van der Waals surface area contributed by atoms with Crippen LogP contribution in [0.4, 0.5) is 0 Å². The van der Waals surface area contributed by atoms with Gasteiger partial charge in [-0.1, -0.05) is 35.5 Å². The van der Waals surface area contributed by atoms with Crippen LogP contribution in [0.2, 0.25) is 5.02 Å². The highest BCUT2D eigenvalue weighted by atomic mass is 35.5. The van der Waals surface area contributed by atoms with E-state index in [0.29, 0.717) is 23.6 Å². The Morgan fingerprint density at radius 3 is 2.58 bits per heavy atom. The molecule has 1 saturated carbocycles. The zero-order valence-electron chi connectivity index (χ0n) is 13.2. The molecule has 2 aromatic carbocycles. The van der Waals surface area contributed by atoms with Gasteiger partial charge in [-0.3, -0.25) is 4.79 Å². The lowest BCUT2D eigenvalue weighted by molar-refractivity contribution is 0.0925. The van der Waals surface area contributed by atoms with Crippen LogP contribution in [-0.2, 0) is 0 Å². The summed E-state index contributed by atoms with van der Waals surface area (Å²) in [4.78, 5) is 14.5. The largest absolute Gasteiger partial charge is 0.349 e. The van der Waals surface area contributed by atoms with Gasteiger partial charge in [-0.05, 0) is 55.2 Å². The number of hydrogen-bond acceptors (Lipinski definition) is 3. The molecule has 4 rings (SSSR count). The van der Waals surface area contributed by atoms with Crippen molar-refractivity contribution in [1.29, 1.82) is 0 Å². The molecule has 2 N–H and O–H groups in total. The van der Waals surface area contributed by atoms with Gasteiger partial charge >= 0.3 is 0 Å². The Balaban J connectivity index is 1.40. The Morgan fingerprint density at radius 1 is 1.12 bits per heavy atom. The van der Waals surface area contributed by atoms with E-state index < -0.39 is 0 Å². The maximum Gasteiger partial charge on any atom is 0.251 e. The zero-order chi connectivity index (χ0) is 16.5. The minimum atomic E-state index is 0.0295. The van der Waals surface area contributed by atoms with Crippen molar-refractivity contribution in [2.24, 2.45) is 5.92 Å². The number of benzene rings is 2. The number of hydrogen-bond donors (Lipinski definition) is 2. The highest BCUT2D eigenvalue weighted by Gasteiger charge is 2.39.